The van der Waals surface area contributed by atoms with Crippen LogP contribution < -0.4 is 5.32 Å². The Kier molecular flexibility index (Phi) is 5.58. The molecule has 0 aliphatic carbocycles. The van der Waals surface area contributed by atoms with E-state index in [2.05, 4.69) is 31.0 Å². The van der Waals surface area contributed by atoms with Gasteiger partial charge in [-0.3, -0.25) is 4.90 Å². The van der Waals surface area contributed by atoms with Gasteiger partial charge >= 0.3 is 0 Å². The number of hydrogen-bond acceptors (Lipinski definition) is 3. The number of aliphatic hydroxyl groups excluding tert-OH is 1. The van der Waals surface area contributed by atoms with Crippen LogP contribution in [0.15, 0.2) is 0 Å². The van der Waals surface area contributed by atoms with E-state index in [0.717, 1.165) is 32.6 Å². The molecule has 2 unspecified atom stereocenters. The zero-order valence-corrected chi connectivity index (χ0v) is 10.4. The highest BCUT2D eigenvalue weighted by Crippen LogP contribution is 2.13. The molecule has 3 heteroatoms. The fourth-order valence-corrected chi connectivity index (χ4v) is 2.37. The second-order valence-electron chi connectivity index (χ2n) is 5.28. The van der Waals surface area contributed by atoms with Crippen molar-refractivity contribution in [3.63, 3.8) is 0 Å². The third-order valence-corrected chi connectivity index (χ3v) is 3.00. The zero-order valence-electron chi connectivity index (χ0n) is 10.4. The van der Waals surface area contributed by atoms with Crippen molar-refractivity contribution in [3.8, 4) is 0 Å². The molecule has 2 N–H and O–H groups in total. The van der Waals surface area contributed by atoms with Crippen LogP contribution in [-0.4, -0.2) is 48.8 Å². The minimum absolute atomic E-state index is 0.301. The molecular weight excluding hydrogens is 188 g/mol. The third kappa shape index (κ3) is 4.49. The van der Waals surface area contributed by atoms with Crippen molar-refractivity contribution in [1.82, 2.24) is 10.2 Å². The number of nitrogens with one attached hydrogen (secondary N) is 1. The van der Waals surface area contributed by atoms with Crippen molar-refractivity contribution in [2.45, 2.75) is 33.2 Å². The lowest BCUT2D eigenvalue weighted by Crippen LogP contribution is -2.42. The summed E-state index contributed by atoms with van der Waals surface area (Å²) in [5, 5.41) is 12.6. The number of rotatable bonds is 4. The quantitative estimate of drug-likeness (QED) is 0.731. The summed E-state index contributed by atoms with van der Waals surface area (Å²) in [5.41, 5.74) is 0. The highest BCUT2D eigenvalue weighted by atomic mass is 16.3. The molecule has 1 aliphatic heterocycles. The summed E-state index contributed by atoms with van der Waals surface area (Å²) in [6, 6.07) is 0.516. The second kappa shape index (κ2) is 6.46. The molecule has 15 heavy (non-hydrogen) atoms. The summed E-state index contributed by atoms with van der Waals surface area (Å²) in [6.45, 7) is 11.6. The molecule has 0 aromatic heterocycles. The summed E-state index contributed by atoms with van der Waals surface area (Å²) in [5.74, 6) is 1.42. The Bertz CT molecular complexity index is 173. The van der Waals surface area contributed by atoms with E-state index < -0.39 is 0 Å². The van der Waals surface area contributed by atoms with Crippen LogP contribution in [0.5, 0.6) is 0 Å². The lowest BCUT2D eigenvalue weighted by atomic mass is 10.1. The Balaban J connectivity index is 2.54. The van der Waals surface area contributed by atoms with Crippen LogP contribution in [-0.2, 0) is 0 Å². The maximum absolute atomic E-state index is 9.07. The van der Waals surface area contributed by atoms with Gasteiger partial charge in [0.05, 0.1) is 0 Å². The molecule has 1 rings (SSSR count). The average molecular weight is 214 g/mol. The predicted octanol–water partition coefficient (Wildman–Crippen LogP) is 0.935. The van der Waals surface area contributed by atoms with E-state index in [1.165, 1.54) is 0 Å². The molecule has 3 nitrogen and oxygen atoms in total. The molecule has 1 heterocycles. The molecule has 1 saturated heterocycles. The van der Waals surface area contributed by atoms with Gasteiger partial charge in [0, 0.05) is 32.3 Å². The van der Waals surface area contributed by atoms with E-state index >= 15 is 0 Å². The molecule has 0 amide bonds. The van der Waals surface area contributed by atoms with E-state index in [9.17, 15) is 0 Å². The Hall–Kier alpha value is -0.120. The summed E-state index contributed by atoms with van der Waals surface area (Å²) >= 11 is 0. The van der Waals surface area contributed by atoms with Crippen LogP contribution in [0.4, 0.5) is 0 Å². The fourth-order valence-electron chi connectivity index (χ4n) is 2.37. The zero-order chi connectivity index (χ0) is 11.3. The van der Waals surface area contributed by atoms with Crippen molar-refractivity contribution < 1.29 is 5.11 Å². The standard InChI is InChI=1S/C12H26N2O/c1-10(2)8-14-9-11(3)6-13-7-12(14)4-5-15/h10-13,15H,4-9H2,1-3H3. The Morgan fingerprint density at radius 3 is 2.73 bits per heavy atom. The first kappa shape index (κ1) is 12.9. The van der Waals surface area contributed by atoms with Gasteiger partial charge in [0.25, 0.3) is 0 Å². The molecule has 0 spiro atoms. The van der Waals surface area contributed by atoms with Gasteiger partial charge in [-0.2, -0.15) is 0 Å². The van der Waals surface area contributed by atoms with Gasteiger partial charge in [-0.05, 0) is 24.8 Å². The largest absolute Gasteiger partial charge is 0.396 e. The Morgan fingerprint density at radius 2 is 2.13 bits per heavy atom. The summed E-state index contributed by atoms with van der Waals surface area (Å²) in [6.07, 6.45) is 0.895. The van der Waals surface area contributed by atoms with Crippen molar-refractivity contribution >= 4 is 0 Å². The van der Waals surface area contributed by atoms with Crippen LogP contribution in [0.3, 0.4) is 0 Å². The summed E-state index contributed by atoms with van der Waals surface area (Å²) in [7, 11) is 0. The van der Waals surface area contributed by atoms with Crippen LogP contribution in [0, 0.1) is 11.8 Å². The van der Waals surface area contributed by atoms with E-state index in [1.807, 2.05) is 0 Å². The normalized spacial score (nSPS) is 29.4. The van der Waals surface area contributed by atoms with Gasteiger partial charge in [-0.1, -0.05) is 20.8 Å². The summed E-state index contributed by atoms with van der Waals surface area (Å²) < 4.78 is 0. The van der Waals surface area contributed by atoms with Crippen molar-refractivity contribution in [3.05, 3.63) is 0 Å². The molecule has 90 valence electrons. The van der Waals surface area contributed by atoms with E-state index in [-0.39, 0.29) is 0 Å². The van der Waals surface area contributed by atoms with Gasteiger partial charge in [-0.25, -0.2) is 0 Å². The first-order valence-corrected chi connectivity index (χ1v) is 6.19. The third-order valence-electron chi connectivity index (χ3n) is 3.00. The van der Waals surface area contributed by atoms with Gasteiger partial charge in [0.15, 0.2) is 0 Å². The van der Waals surface area contributed by atoms with Crippen LogP contribution in [0.25, 0.3) is 0 Å². The average Bonchev–Trinajstić information content (AvgIpc) is 2.29. The van der Waals surface area contributed by atoms with Gasteiger partial charge in [0.2, 0.25) is 0 Å². The molecule has 0 saturated carbocycles. The van der Waals surface area contributed by atoms with Crippen LogP contribution >= 0.6 is 0 Å². The highest BCUT2D eigenvalue weighted by molar-refractivity contribution is 4.80. The maximum atomic E-state index is 9.07. The molecule has 0 radical (unpaired) electrons. The van der Waals surface area contributed by atoms with Gasteiger partial charge in [-0.15, -0.1) is 0 Å². The number of hydrogen-bond donors (Lipinski definition) is 2. The monoisotopic (exact) mass is 214 g/mol. The molecule has 0 aromatic rings. The van der Waals surface area contributed by atoms with Gasteiger partial charge in [0.1, 0.15) is 0 Å². The van der Waals surface area contributed by atoms with Crippen LogP contribution in [0.1, 0.15) is 27.2 Å². The molecule has 0 aromatic carbocycles. The minimum atomic E-state index is 0.301. The smallest absolute Gasteiger partial charge is 0.0446 e. The van der Waals surface area contributed by atoms with E-state index in [4.69, 9.17) is 5.11 Å². The van der Waals surface area contributed by atoms with Crippen molar-refractivity contribution in [2.24, 2.45) is 11.8 Å². The molecule has 1 fully saturated rings. The molecule has 0 bridgehead atoms. The first-order chi connectivity index (χ1) is 7.13. The Labute approximate surface area is 93.9 Å². The molecule has 1 aliphatic rings. The maximum Gasteiger partial charge on any atom is 0.0446 e. The predicted molar refractivity (Wildman–Crippen MR) is 63.9 cm³/mol. The van der Waals surface area contributed by atoms with Gasteiger partial charge < -0.3 is 10.4 Å². The molecule has 2 atom stereocenters. The van der Waals surface area contributed by atoms with Crippen molar-refractivity contribution in [1.29, 1.82) is 0 Å². The first-order valence-electron chi connectivity index (χ1n) is 6.19. The minimum Gasteiger partial charge on any atom is -0.396 e. The fraction of sp³-hybridized carbons (Fsp3) is 1.00. The second-order valence-corrected chi connectivity index (χ2v) is 5.28. The van der Waals surface area contributed by atoms with Crippen molar-refractivity contribution in [2.75, 3.05) is 32.8 Å². The number of aliphatic hydroxyl groups is 1. The lowest BCUT2D eigenvalue weighted by Gasteiger charge is -2.31. The van der Waals surface area contributed by atoms with Crippen LogP contribution in [0.2, 0.25) is 0 Å². The molecular formula is C12H26N2O. The number of nitrogens with zero attached hydrogens (tertiary/aromatic N) is 1. The highest BCUT2D eigenvalue weighted by Gasteiger charge is 2.23. The van der Waals surface area contributed by atoms with E-state index in [0.29, 0.717) is 24.5 Å². The Morgan fingerprint density at radius 1 is 1.40 bits per heavy atom. The van der Waals surface area contributed by atoms with E-state index in [1.54, 1.807) is 0 Å². The topological polar surface area (TPSA) is 35.5 Å². The summed E-state index contributed by atoms with van der Waals surface area (Å²) in [4.78, 5) is 2.55. The lowest BCUT2D eigenvalue weighted by molar-refractivity contribution is 0.141. The SMILES string of the molecule is CC(C)CN1CC(C)CNCC1CCO.